The third-order valence-electron chi connectivity index (χ3n) is 6.67. The third-order valence-corrected chi connectivity index (χ3v) is 7.56. The van der Waals surface area contributed by atoms with Crippen LogP contribution >= 0.6 is 11.3 Å². The first-order valence-electron chi connectivity index (χ1n) is 12.4. The molecule has 3 heterocycles. The van der Waals surface area contributed by atoms with Gasteiger partial charge in [-0.1, -0.05) is 25.5 Å². The summed E-state index contributed by atoms with van der Waals surface area (Å²) in [6.45, 7) is 5.92. The van der Waals surface area contributed by atoms with Gasteiger partial charge in [-0.05, 0) is 56.0 Å². The van der Waals surface area contributed by atoms with E-state index in [9.17, 15) is 9.18 Å². The lowest BCUT2D eigenvalue weighted by atomic mass is 9.94. The van der Waals surface area contributed by atoms with Gasteiger partial charge in [0.2, 0.25) is 0 Å². The van der Waals surface area contributed by atoms with Crippen LogP contribution in [0, 0.1) is 18.7 Å². The van der Waals surface area contributed by atoms with Crippen molar-refractivity contribution in [2.45, 2.75) is 33.1 Å². The number of para-hydroxylation sites is 1. The summed E-state index contributed by atoms with van der Waals surface area (Å²) in [5.41, 5.74) is 3.57. The second-order valence-electron chi connectivity index (χ2n) is 9.10. The summed E-state index contributed by atoms with van der Waals surface area (Å²) in [5.74, 6) is 0.574. The molecule has 5 rings (SSSR count). The molecule has 9 heteroatoms. The van der Waals surface area contributed by atoms with Crippen molar-refractivity contribution in [1.82, 2.24) is 15.2 Å². The molecule has 2 aromatic heterocycles. The van der Waals surface area contributed by atoms with E-state index in [0.717, 1.165) is 42.7 Å². The van der Waals surface area contributed by atoms with Crippen molar-refractivity contribution < 1.29 is 13.9 Å². The molecule has 0 radical (unpaired) electrons. The van der Waals surface area contributed by atoms with E-state index < -0.39 is 5.82 Å². The molecule has 190 valence electrons. The number of ether oxygens (including phenoxy) is 1. The number of thiazole rings is 1. The van der Waals surface area contributed by atoms with Crippen LogP contribution in [-0.2, 0) is 0 Å². The maximum atomic E-state index is 14.3. The zero-order valence-corrected chi connectivity index (χ0v) is 21.6. The van der Waals surface area contributed by atoms with E-state index >= 15 is 0 Å². The first-order chi connectivity index (χ1) is 18.0. The topological polar surface area (TPSA) is 80.2 Å². The highest BCUT2D eigenvalue weighted by atomic mass is 32.1. The smallest absolute Gasteiger partial charge is 0.275 e. The largest absolute Gasteiger partial charge is 0.454 e. The average Bonchev–Trinajstić information content (AvgIpc) is 3.43. The van der Waals surface area contributed by atoms with Gasteiger partial charge in [0.15, 0.2) is 11.6 Å². The van der Waals surface area contributed by atoms with Crippen LogP contribution in [0.4, 0.5) is 15.8 Å². The summed E-state index contributed by atoms with van der Waals surface area (Å²) in [6, 6.07) is 11.8. The Morgan fingerprint density at radius 3 is 2.84 bits per heavy atom. The average molecular weight is 518 g/mol. The zero-order chi connectivity index (χ0) is 25.8. The Morgan fingerprint density at radius 1 is 1.19 bits per heavy atom. The molecule has 1 aliphatic heterocycles. The minimum absolute atomic E-state index is 0.166. The molecule has 37 heavy (non-hydrogen) atoms. The minimum Gasteiger partial charge on any atom is -0.454 e. The summed E-state index contributed by atoms with van der Waals surface area (Å²) in [6.07, 6.45) is 6.56. The Hall–Kier alpha value is -3.85. The number of piperidine rings is 1. The maximum Gasteiger partial charge on any atom is 0.275 e. The van der Waals surface area contributed by atoms with E-state index in [4.69, 9.17) is 4.74 Å². The van der Waals surface area contributed by atoms with Crippen LogP contribution < -0.4 is 15.0 Å². The van der Waals surface area contributed by atoms with E-state index in [0.29, 0.717) is 28.1 Å². The van der Waals surface area contributed by atoms with E-state index in [1.165, 1.54) is 23.8 Å². The molecule has 0 saturated carbocycles. The van der Waals surface area contributed by atoms with Gasteiger partial charge in [-0.2, -0.15) is 10.2 Å². The fraction of sp³-hybridized carbons (Fsp3) is 0.286. The molecule has 0 aliphatic carbocycles. The van der Waals surface area contributed by atoms with Gasteiger partial charge in [0, 0.05) is 29.6 Å². The molecule has 2 aromatic carbocycles. The predicted octanol–water partition coefficient (Wildman–Crippen LogP) is 6.72. The van der Waals surface area contributed by atoms with Gasteiger partial charge in [0.25, 0.3) is 5.91 Å². The van der Waals surface area contributed by atoms with Crippen molar-refractivity contribution in [3.05, 3.63) is 77.3 Å². The number of aromatic nitrogens is 3. The van der Waals surface area contributed by atoms with E-state index in [-0.39, 0.29) is 11.7 Å². The number of anilines is 2. The van der Waals surface area contributed by atoms with Crippen molar-refractivity contribution in [3.63, 3.8) is 0 Å². The summed E-state index contributed by atoms with van der Waals surface area (Å²) in [5, 5.41) is 13.2. The molecule has 0 bridgehead atoms. The van der Waals surface area contributed by atoms with Crippen molar-refractivity contribution in [3.8, 4) is 22.1 Å². The Morgan fingerprint density at radius 2 is 2.05 bits per heavy atom. The molecule has 1 amide bonds. The second kappa shape index (κ2) is 11.0. The molecule has 4 aromatic rings. The highest BCUT2D eigenvalue weighted by Gasteiger charge is 2.25. The lowest BCUT2D eigenvalue weighted by Crippen LogP contribution is -2.36. The molecule has 1 N–H and O–H groups in total. The fourth-order valence-electron chi connectivity index (χ4n) is 4.66. The number of hydrogen-bond acceptors (Lipinski definition) is 7. The second-order valence-corrected chi connectivity index (χ2v) is 9.96. The number of nitrogens with zero attached hydrogens (tertiary/aromatic N) is 4. The summed E-state index contributed by atoms with van der Waals surface area (Å²) in [7, 11) is 0. The van der Waals surface area contributed by atoms with Crippen LogP contribution in [0.5, 0.6) is 11.5 Å². The van der Waals surface area contributed by atoms with Crippen molar-refractivity contribution in [1.29, 1.82) is 0 Å². The molecule has 0 unspecified atom stereocenters. The summed E-state index contributed by atoms with van der Waals surface area (Å²) in [4.78, 5) is 20.1. The van der Waals surface area contributed by atoms with Gasteiger partial charge < -0.3 is 15.0 Å². The van der Waals surface area contributed by atoms with Crippen molar-refractivity contribution >= 4 is 28.6 Å². The van der Waals surface area contributed by atoms with Gasteiger partial charge in [0.05, 0.1) is 23.8 Å². The number of rotatable bonds is 7. The summed E-state index contributed by atoms with van der Waals surface area (Å²) >= 11 is 1.38. The number of benzene rings is 2. The molecular formula is C28H28FN5O2S. The van der Waals surface area contributed by atoms with Gasteiger partial charge in [-0.15, -0.1) is 11.3 Å². The highest BCUT2D eigenvalue weighted by Crippen LogP contribution is 2.40. The fourth-order valence-corrected chi connectivity index (χ4v) is 5.45. The van der Waals surface area contributed by atoms with Crippen LogP contribution in [0.2, 0.25) is 0 Å². The molecule has 1 fully saturated rings. The number of amides is 1. The van der Waals surface area contributed by atoms with E-state index in [1.807, 2.05) is 19.1 Å². The van der Waals surface area contributed by atoms with Crippen LogP contribution in [0.3, 0.4) is 0 Å². The number of halogens is 1. The van der Waals surface area contributed by atoms with Gasteiger partial charge >= 0.3 is 0 Å². The third kappa shape index (κ3) is 5.46. The quantitative estimate of drug-likeness (QED) is 0.293. The van der Waals surface area contributed by atoms with Crippen LogP contribution in [0.15, 0.2) is 60.2 Å². The first-order valence-corrected chi connectivity index (χ1v) is 13.3. The molecule has 0 spiro atoms. The minimum atomic E-state index is -0.423. The molecule has 1 aliphatic rings. The SMILES string of the molecule is CC[C@@H]1CCCN(c2c(NC(=O)c3csc(-c4ccnnc4)n3)ccc(Oc3ccccc3F)c2C)C1. The lowest BCUT2D eigenvalue weighted by Gasteiger charge is -2.36. The molecular weight excluding hydrogens is 489 g/mol. The van der Waals surface area contributed by atoms with Crippen LogP contribution in [-0.4, -0.2) is 34.2 Å². The zero-order valence-electron chi connectivity index (χ0n) is 20.8. The van der Waals surface area contributed by atoms with Gasteiger partial charge in [-0.25, -0.2) is 9.37 Å². The summed E-state index contributed by atoms with van der Waals surface area (Å²) < 4.78 is 20.3. The number of carbonyl (C=O) groups is 1. The standard InChI is InChI=1S/C28H28FN5O2S/c1-3-19-7-6-14-34(16-19)26-18(2)24(36-25-9-5-4-8-21(25)29)11-10-22(26)32-27(35)23-17-37-28(33-23)20-12-13-30-31-15-20/h4-5,8-13,15,17,19H,3,6-7,14,16H2,1-2H3,(H,32,35)/t19-/m1/s1. The van der Waals surface area contributed by atoms with Crippen molar-refractivity contribution in [2.75, 3.05) is 23.3 Å². The molecule has 1 saturated heterocycles. The number of hydrogen-bond donors (Lipinski definition) is 1. The van der Waals surface area contributed by atoms with Crippen molar-refractivity contribution in [2.24, 2.45) is 5.92 Å². The van der Waals surface area contributed by atoms with Gasteiger partial charge in [0.1, 0.15) is 16.5 Å². The monoisotopic (exact) mass is 517 g/mol. The predicted molar refractivity (Wildman–Crippen MR) is 144 cm³/mol. The Balaban J connectivity index is 1.46. The first kappa shape index (κ1) is 24.8. The molecule has 1 atom stereocenters. The van der Waals surface area contributed by atoms with Crippen LogP contribution in [0.25, 0.3) is 10.6 Å². The number of nitrogens with one attached hydrogen (secondary N) is 1. The highest BCUT2D eigenvalue weighted by molar-refractivity contribution is 7.13. The molecule has 7 nitrogen and oxygen atoms in total. The van der Waals surface area contributed by atoms with Gasteiger partial charge in [-0.3, -0.25) is 4.79 Å². The van der Waals surface area contributed by atoms with E-state index in [2.05, 4.69) is 32.3 Å². The van der Waals surface area contributed by atoms with E-state index in [1.54, 1.807) is 42.0 Å². The van der Waals surface area contributed by atoms with Crippen LogP contribution in [0.1, 0.15) is 42.2 Å². The Bertz CT molecular complexity index is 1390. The maximum absolute atomic E-state index is 14.3. The Labute approximate surface area is 219 Å². The Kier molecular flexibility index (Phi) is 7.41. The normalized spacial score (nSPS) is 15.4. The number of carbonyl (C=O) groups excluding carboxylic acids is 1. The lowest BCUT2D eigenvalue weighted by molar-refractivity contribution is 0.102.